The number of nitrogens with one attached hydrogen (secondary N) is 2. The molecule has 0 aliphatic rings. The number of benzene rings is 1. The molecule has 0 radical (unpaired) electrons. The van der Waals surface area contributed by atoms with Crippen molar-refractivity contribution in [2.45, 2.75) is 33.1 Å². The molecule has 1 rings (SSSR count). The number of ether oxygens (including phenoxy) is 2. The fourth-order valence-corrected chi connectivity index (χ4v) is 1.69. The van der Waals surface area contributed by atoms with E-state index < -0.39 is 24.5 Å². The summed E-state index contributed by atoms with van der Waals surface area (Å²) in [7, 11) is 0. The van der Waals surface area contributed by atoms with Gasteiger partial charge in [-0.15, -0.1) is 0 Å². The Kier molecular flexibility index (Phi) is 8.96. The summed E-state index contributed by atoms with van der Waals surface area (Å²) < 4.78 is 10.2. The summed E-state index contributed by atoms with van der Waals surface area (Å²) in [5.74, 6) is -0.574. The van der Waals surface area contributed by atoms with Crippen LogP contribution in [0.15, 0.2) is 24.3 Å². The molecule has 7 heteroatoms. The molecule has 0 saturated carbocycles. The van der Waals surface area contributed by atoms with Crippen LogP contribution in [0.5, 0.6) is 5.75 Å². The zero-order chi connectivity index (χ0) is 17.8. The predicted molar refractivity (Wildman–Crippen MR) is 88.7 cm³/mol. The van der Waals surface area contributed by atoms with Gasteiger partial charge in [0.15, 0.2) is 6.61 Å². The molecule has 7 nitrogen and oxygen atoms in total. The maximum Gasteiger partial charge on any atom is 0.321 e. The van der Waals surface area contributed by atoms with Crippen LogP contribution in [0.3, 0.4) is 0 Å². The monoisotopic (exact) mass is 336 g/mol. The van der Waals surface area contributed by atoms with Gasteiger partial charge in [-0.3, -0.25) is 14.9 Å². The molecule has 132 valence electrons. The number of urea groups is 1. The van der Waals surface area contributed by atoms with Gasteiger partial charge >= 0.3 is 12.0 Å². The number of hydrogen-bond acceptors (Lipinski definition) is 5. The number of esters is 1. The van der Waals surface area contributed by atoms with Crippen molar-refractivity contribution in [3.63, 3.8) is 0 Å². The van der Waals surface area contributed by atoms with Gasteiger partial charge in [-0.1, -0.05) is 31.0 Å². The molecule has 2 N–H and O–H groups in total. The van der Waals surface area contributed by atoms with Gasteiger partial charge in [0.05, 0.1) is 13.0 Å². The largest absolute Gasteiger partial charge is 0.493 e. The number of hydrogen-bond donors (Lipinski definition) is 2. The van der Waals surface area contributed by atoms with Crippen LogP contribution < -0.4 is 15.4 Å². The third-order valence-electron chi connectivity index (χ3n) is 3.03. The highest BCUT2D eigenvalue weighted by Gasteiger charge is 2.10. The molecule has 0 aliphatic carbocycles. The first-order valence-corrected chi connectivity index (χ1v) is 7.94. The van der Waals surface area contributed by atoms with E-state index in [2.05, 4.69) is 10.6 Å². The van der Waals surface area contributed by atoms with E-state index in [9.17, 15) is 14.4 Å². The van der Waals surface area contributed by atoms with Crippen LogP contribution in [0, 0.1) is 6.92 Å². The quantitative estimate of drug-likeness (QED) is 0.531. The van der Waals surface area contributed by atoms with E-state index in [-0.39, 0.29) is 13.0 Å². The number of carbonyl (C=O) groups is 3. The molecule has 0 spiro atoms. The van der Waals surface area contributed by atoms with Gasteiger partial charge in [-0.05, 0) is 25.5 Å². The lowest BCUT2D eigenvalue weighted by Gasteiger charge is -2.08. The topological polar surface area (TPSA) is 93.7 Å². The summed E-state index contributed by atoms with van der Waals surface area (Å²) >= 11 is 0. The standard InChI is InChI=1S/C17H24N2O5/c1-3-4-10-18-17(22)19-15(20)12-24-16(21)9-11-23-14-7-5-13(2)6-8-14/h5-8H,3-4,9-12H2,1-2H3,(H2,18,19,20,22). The number of imide groups is 1. The molecule has 1 aromatic carbocycles. The van der Waals surface area contributed by atoms with Gasteiger partial charge in [0.25, 0.3) is 5.91 Å². The highest BCUT2D eigenvalue weighted by Crippen LogP contribution is 2.11. The van der Waals surface area contributed by atoms with Gasteiger partial charge < -0.3 is 14.8 Å². The van der Waals surface area contributed by atoms with Gasteiger partial charge in [0, 0.05) is 6.54 Å². The van der Waals surface area contributed by atoms with Gasteiger partial charge in [0.1, 0.15) is 5.75 Å². The molecular weight excluding hydrogens is 312 g/mol. The van der Waals surface area contributed by atoms with Crippen LogP contribution >= 0.6 is 0 Å². The Morgan fingerprint density at radius 3 is 2.50 bits per heavy atom. The van der Waals surface area contributed by atoms with E-state index in [1.54, 1.807) is 0 Å². The molecule has 0 heterocycles. The van der Waals surface area contributed by atoms with Crippen molar-refractivity contribution >= 4 is 17.9 Å². The Balaban J connectivity index is 2.13. The summed E-state index contributed by atoms with van der Waals surface area (Å²) in [6.45, 7) is 4.11. The molecule has 1 aromatic rings. The number of aryl methyl sites for hydroxylation is 1. The molecule has 0 fully saturated rings. The second-order valence-corrected chi connectivity index (χ2v) is 5.23. The van der Waals surface area contributed by atoms with E-state index in [4.69, 9.17) is 9.47 Å². The first-order valence-electron chi connectivity index (χ1n) is 7.94. The number of rotatable bonds is 9. The highest BCUT2D eigenvalue weighted by atomic mass is 16.5. The lowest BCUT2D eigenvalue weighted by molar-refractivity contribution is -0.148. The van der Waals surface area contributed by atoms with E-state index >= 15 is 0 Å². The number of carbonyl (C=O) groups excluding carboxylic acids is 3. The summed E-state index contributed by atoms with van der Waals surface area (Å²) in [5.41, 5.74) is 1.12. The maximum atomic E-state index is 11.5. The molecule has 24 heavy (non-hydrogen) atoms. The van der Waals surface area contributed by atoms with Crippen molar-refractivity contribution in [1.29, 1.82) is 0 Å². The molecule has 0 bridgehead atoms. The summed E-state index contributed by atoms with van der Waals surface area (Å²) in [6, 6.07) is 6.84. The van der Waals surface area contributed by atoms with Crippen molar-refractivity contribution in [3.05, 3.63) is 29.8 Å². The van der Waals surface area contributed by atoms with Crippen molar-refractivity contribution in [1.82, 2.24) is 10.6 Å². The molecule has 3 amide bonds. The number of amides is 3. The summed E-state index contributed by atoms with van der Waals surface area (Å²) in [6.07, 6.45) is 1.79. The molecule has 0 atom stereocenters. The van der Waals surface area contributed by atoms with Gasteiger partial charge in [-0.2, -0.15) is 0 Å². The lowest BCUT2D eigenvalue weighted by atomic mass is 10.2. The SMILES string of the molecule is CCCCNC(=O)NC(=O)COC(=O)CCOc1ccc(C)cc1. The smallest absolute Gasteiger partial charge is 0.321 e. The average molecular weight is 336 g/mol. The van der Waals surface area contributed by atoms with Crippen LogP contribution in [0.4, 0.5) is 4.79 Å². The molecule has 0 saturated heterocycles. The second kappa shape index (κ2) is 11.0. The highest BCUT2D eigenvalue weighted by molar-refractivity contribution is 5.95. The van der Waals surface area contributed by atoms with E-state index in [1.165, 1.54) is 0 Å². The Hall–Kier alpha value is -2.57. The first-order chi connectivity index (χ1) is 11.5. The minimum absolute atomic E-state index is 0.0177. The fraction of sp³-hybridized carbons (Fsp3) is 0.471. The maximum absolute atomic E-state index is 11.5. The van der Waals surface area contributed by atoms with E-state index in [0.29, 0.717) is 12.3 Å². The van der Waals surface area contributed by atoms with Gasteiger partial charge in [-0.25, -0.2) is 4.79 Å². The van der Waals surface area contributed by atoms with Crippen molar-refractivity contribution < 1.29 is 23.9 Å². The molecule has 0 aromatic heterocycles. The normalized spacial score (nSPS) is 9.92. The van der Waals surface area contributed by atoms with E-state index in [0.717, 1.165) is 18.4 Å². The minimum atomic E-state index is -0.670. The molecular formula is C17H24N2O5. The Bertz CT molecular complexity index is 542. The van der Waals surface area contributed by atoms with Gasteiger partial charge in [0.2, 0.25) is 0 Å². The van der Waals surface area contributed by atoms with Crippen LogP contribution in [-0.4, -0.2) is 37.7 Å². The molecule has 0 unspecified atom stereocenters. The Labute approximate surface area is 141 Å². The number of unbranched alkanes of at least 4 members (excludes halogenated alkanes) is 1. The first kappa shape index (κ1) is 19.5. The summed E-state index contributed by atoms with van der Waals surface area (Å²) in [4.78, 5) is 34.3. The zero-order valence-corrected chi connectivity index (χ0v) is 14.1. The van der Waals surface area contributed by atoms with Crippen molar-refractivity contribution in [2.24, 2.45) is 0 Å². The predicted octanol–water partition coefficient (Wildman–Crippen LogP) is 1.93. The van der Waals surface area contributed by atoms with Crippen molar-refractivity contribution in [2.75, 3.05) is 19.8 Å². The fourth-order valence-electron chi connectivity index (χ4n) is 1.69. The molecule has 0 aliphatic heterocycles. The Morgan fingerprint density at radius 2 is 1.83 bits per heavy atom. The third kappa shape index (κ3) is 8.77. The van der Waals surface area contributed by atoms with Crippen molar-refractivity contribution in [3.8, 4) is 5.75 Å². The van der Waals surface area contributed by atoms with Crippen LogP contribution in [-0.2, 0) is 14.3 Å². The van der Waals surface area contributed by atoms with E-state index in [1.807, 2.05) is 38.1 Å². The summed E-state index contributed by atoms with van der Waals surface area (Å²) in [5, 5.41) is 4.61. The second-order valence-electron chi connectivity index (χ2n) is 5.23. The third-order valence-corrected chi connectivity index (χ3v) is 3.03. The average Bonchev–Trinajstić information content (AvgIpc) is 2.55. The lowest BCUT2D eigenvalue weighted by Crippen LogP contribution is -2.41. The zero-order valence-electron chi connectivity index (χ0n) is 14.1. The van der Waals surface area contributed by atoms with Crippen LogP contribution in [0.1, 0.15) is 31.7 Å². The Morgan fingerprint density at radius 1 is 1.12 bits per heavy atom. The van der Waals surface area contributed by atoms with Crippen LogP contribution in [0.2, 0.25) is 0 Å². The van der Waals surface area contributed by atoms with Crippen LogP contribution in [0.25, 0.3) is 0 Å². The minimum Gasteiger partial charge on any atom is -0.493 e.